The van der Waals surface area contributed by atoms with Crippen LogP contribution in [0.25, 0.3) is 0 Å². The van der Waals surface area contributed by atoms with Gasteiger partial charge < -0.3 is 4.57 Å². The molecule has 16 heavy (non-hydrogen) atoms. The third-order valence-corrected chi connectivity index (χ3v) is 3.74. The van der Waals surface area contributed by atoms with Crippen molar-refractivity contribution in [3.05, 3.63) is 23.0 Å². The van der Waals surface area contributed by atoms with Crippen molar-refractivity contribution in [1.82, 2.24) is 4.57 Å². The highest BCUT2D eigenvalue weighted by atomic mass is 16.1. The quantitative estimate of drug-likeness (QED) is 0.711. The Kier molecular flexibility index (Phi) is 2.92. The molecule has 1 aromatic heterocycles. The van der Waals surface area contributed by atoms with E-state index in [-0.39, 0.29) is 0 Å². The van der Waals surface area contributed by atoms with Crippen LogP contribution in [0.3, 0.4) is 0 Å². The average molecular weight is 219 g/mol. The number of carbonyl (C=O) groups excluding carboxylic acids is 1. The summed E-state index contributed by atoms with van der Waals surface area (Å²) in [7, 11) is 0. The number of hydrogen-bond acceptors (Lipinski definition) is 1. The predicted molar refractivity (Wildman–Crippen MR) is 66.0 cm³/mol. The van der Waals surface area contributed by atoms with Gasteiger partial charge in [-0.1, -0.05) is 6.42 Å². The average Bonchev–Trinajstić information content (AvgIpc) is 2.38. The third-order valence-electron chi connectivity index (χ3n) is 3.74. The normalized spacial score (nSPS) is 16.6. The molecule has 88 valence electrons. The maximum absolute atomic E-state index is 12.2. The third kappa shape index (κ3) is 1.70. The molecule has 2 nitrogen and oxygen atoms in total. The fourth-order valence-corrected chi connectivity index (χ4v) is 2.71. The molecule has 1 aromatic rings. The van der Waals surface area contributed by atoms with E-state index in [9.17, 15) is 4.79 Å². The van der Waals surface area contributed by atoms with Gasteiger partial charge in [0.15, 0.2) is 5.78 Å². The lowest BCUT2D eigenvalue weighted by molar-refractivity contribution is 0.0854. The Morgan fingerprint density at radius 2 is 2.00 bits per heavy atom. The lowest BCUT2D eigenvalue weighted by Crippen LogP contribution is -2.22. The van der Waals surface area contributed by atoms with Crippen molar-refractivity contribution in [2.75, 3.05) is 0 Å². The second-order valence-corrected chi connectivity index (χ2v) is 5.24. The van der Waals surface area contributed by atoms with Gasteiger partial charge >= 0.3 is 0 Å². The number of ketones is 1. The summed E-state index contributed by atoms with van der Waals surface area (Å²) >= 11 is 0. The summed E-state index contributed by atoms with van der Waals surface area (Å²) in [6.07, 6.45) is 3.40. The first-order chi connectivity index (χ1) is 7.52. The molecule has 0 unspecified atom stereocenters. The molecule has 1 aliphatic carbocycles. The molecule has 0 amide bonds. The molecule has 2 heteroatoms. The topological polar surface area (TPSA) is 22.0 Å². The highest BCUT2D eigenvalue weighted by molar-refractivity contribution is 5.99. The van der Waals surface area contributed by atoms with E-state index in [4.69, 9.17) is 0 Å². The molecule has 0 N–H and O–H groups in total. The van der Waals surface area contributed by atoms with Gasteiger partial charge in [0.2, 0.25) is 0 Å². The van der Waals surface area contributed by atoms with E-state index >= 15 is 0 Å². The number of nitrogens with zero attached hydrogens (tertiary/aromatic N) is 1. The van der Waals surface area contributed by atoms with Gasteiger partial charge in [0.25, 0.3) is 0 Å². The van der Waals surface area contributed by atoms with Gasteiger partial charge in [0.05, 0.1) is 0 Å². The Balaban J connectivity index is 2.34. The Bertz CT molecular complexity index is 411. The maximum atomic E-state index is 12.2. The minimum atomic E-state index is 0.307. The lowest BCUT2D eigenvalue weighted by Gasteiger charge is -2.24. The number of hydrogen-bond donors (Lipinski definition) is 0. The second-order valence-electron chi connectivity index (χ2n) is 5.24. The van der Waals surface area contributed by atoms with Gasteiger partial charge in [0, 0.05) is 28.9 Å². The van der Waals surface area contributed by atoms with Crippen molar-refractivity contribution < 1.29 is 4.79 Å². The van der Waals surface area contributed by atoms with Crippen LogP contribution in [0, 0.1) is 19.8 Å². The molecule has 1 saturated carbocycles. The zero-order valence-corrected chi connectivity index (χ0v) is 10.7. The standard InChI is InChI=1S/C14H21NO/c1-9(2)15-10(3)8-13(11(15)4)14(16)12-6-5-7-12/h8-9,12H,5-7H2,1-4H3. The van der Waals surface area contributed by atoms with Crippen molar-refractivity contribution in [2.45, 2.75) is 53.0 Å². The summed E-state index contributed by atoms with van der Waals surface area (Å²) in [5, 5.41) is 0. The van der Waals surface area contributed by atoms with Crippen LogP contribution in [-0.2, 0) is 0 Å². The van der Waals surface area contributed by atoms with E-state index in [0.29, 0.717) is 17.7 Å². The van der Waals surface area contributed by atoms with Crippen LogP contribution >= 0.6 is 0 Å². The molecule has 0 spiro atoms. The van der Waals surface area contributed by atoms with Gasteiger partial charge in [-0.05, 0) is 46.6 Å². The Morgan fingerprint density at radius 1 is 1.38 bits per heavy atom. The van der Waals surface area contributed by atoms with Crippen LogP contribution < -0.4 is 0 Å². The monoisotopic (exact) mass is 219 g/mol. The van der Waals surface area contributed by atoms with Crippen LogP contribution in [-0.4, -0.2) is 10.4 Å². The van der Waals surface area contributed by atoms with E-state index < -0.39 is 0 Å². The second kappa shape index (κ2) is 4.08. The van der Waals surface area contributed by atoms with Crippen molar-refractivity contribution in [3.8, 4) is 0 Å². The molecule has 0 atom stereocenters. The predicted octanol–water partition coefficient (Wildman–Crippen LogP) is 3.67. The molecule has 0 bridgehead atoms. The number of Topliss-reactive ketones (excluding diaryl/α,β-unsaturated/α-hetero) is 1. The highest BCUT2D eigenvalue weighted by Gasteiger charge is 2.28. The molecule has 0 aliphatic heterocycles. The molecule has 0 aromatic carbocycles. The minimum Gasteiger partial charge on any atom is -0.346 e. The summed E-state index contributed by atoms with van der Waals surface area (Å²) in [4.78, 5) is 12.2. The fraction of sp³-hybridized carbons (Fsp3) is 0.643. The van der Waals surface area contributed by atoms with Crippen molar-refractivity contribution in [1.29, 1.82) is 0 Å². The molecular formula is C14H21NO. The van der Waals surface area contributed by atoms with E-state index in [1.165, 1.54) is 12.1 Å². The summed E-state index contributed by atoms with van der Waals surface area (Å²) < 4.78 is 2.26. The number of aryl methyl sites for hydroxylation is 1. The summed E-state index contributed by atoms with van der Waals surface area (Å²) in [6, 6.07) is 2.50. The first-order valence-corrected chi connectivity index (χ1v) is 6.25. The van der Waals surface area contributed by atoms with Gasteiger partial charge in [-0.15, -0.1) is 0 Å². The smallest absolute Gasteiger partial charge is 0.167 e. The molecule has 1 fully saturated rings. The van der Waals surface area contributed by atoms with E-state index in [2.05, 4.69) is 38.3 Å². The van der Waals surface area contributed by atoms with Crippen LogP contribution in [0.4, 0.5) is 0 Å². The highest BCUT2D eigenvalue weighted by Crippen LogP contribution is 2.32. The molecule has 1 heterocycles. The fourth-order valence-electron chi connectivity index (χ4n) is 2.71. The van der Waals surface area contributed by atoms with Crippen molar-refractivity contribution >= 4 is 5.78 Å². The summed E-state index contributed by atoms with van der Waals surface area (Å²) in [5.41, 5.74) is 3.30. The first-order valence-electron chi connectivity index (χ1n) is 6.25. The van der Waals surface area contributed by atoms with Crippen LogP contribution in [0.1, 0.15) is 60.9 Å². The zero-order valence-electron chi connectivity index (χ0n) is 10.7. The SMILES string of the molecule is Cc1cc(C(=O)C2CCC2)c(C)n1C(C)C. The molecular weight excluding hydrogens is 198 g/mol. The van der Waals surface area contributed by atoms with Crippen LogP contribution in [0.15, 0.2) is 6.07 Å². The van der Waals surface area contributed by atoms with Gasteiger partial charge in [-0.3, -0.25) is 4.79 Å². The number of carbonyl (C=O) groups is 1. The molecule has 0 radical (unpaired) electrons. The van der Waals surface area contributed by atoms with E-state index in [0.717, 1.165) is 24.1 Å². The van der Waals surface area contributed by atoms with Crippen molar-refractivity contribution in [2.24, 2.45) is 5.92 Å². The van der Waals surface area contributed by atoms with Crippen LogP contribution in [0.5, 0.6) is 0 Å². The van der Waals surface area contributed by atoms with Crippen LogP contribution in [0.2, 0.25) is 0 Å². The lowest BCUT2D eigenvalue weighted by atomic mass is 9.80. The molecule has 2 rings (SSSR count). The minimum absolute atomic E-state index is 0.307. The first kappa shape index (κ1) is 11.4. The number of rotatable bonds is 3. The number of aromatic nitrogens is 1. The van der Waals surface area contributed by atoms with E-state index in [1.54, 1.807) is 0 Å². The van der Waals surface area contributed by atoms with Gasteiger partial charge in [-0.25, -0.2) is 0 Å². The largest absolute Gasteiger partial charge is 0.346 e. The maximum Gasteiger partial charge on any atom is 0.167 e. The summed E-state index contributed by atoms with van der Waals surface area (Å²) in [5.74, 6) is 0.673. The van der Waals surface area contributed by atoms with Gasteiger partial charge in [0.1, 0.15) is 0 Å². The van der Waals surface area contributed by atoms with Crippen molar-refractivity contribution in [3.63, 3.8) is 0 Å². The zero-order chi connectivity index (χ0) is 11.9. The molecule has 1 aliphatic rings. The summed E-state index contributed by atoms with van der Waals surface area (Å²) in [6.45, 7) is 8.48. The Morgan fingerprint density at radius 3 is 2.38 bits per heavy atom. The van der Waals surface area contributed by atoms with Gasteiger partial charge in [-0.2, -0.15) is 0 Å². The van der Waals surface area contributed by atoms with E-state index in [1.807, 2.05) is 0 Å². The Labute approximate surface area is 97.7 Å². The molecule has 0 saturated heterocycles. The Hall–Kier alpha value is -1.05.